The number of H-pyrrole nitrogens is 3. The van der Waals surface area contributed by atoms with Crippen LogP contribution in [0.25, 0.3) is 78.6 Å². The topological polar surface area (TPSA) is 70.0 Å². The fourth-order valence-electron chi connectivity index (χ4n) is 10.6. The predicted octanol–water partition coefficient (Wildman–Crippen LogP) is 14.3. The number of aromatic nitrogens is 4. The number of hydrogen-bond donors (Lipinski definition) is 3. The third kappa shape index (κ3) is 7.47. The van der Waals surface area contributed by atoms with Gasteiger partial charge < -0.3 is 29.7 Å². The predicted molar refractivity (Wildman–Crippen MR) is 249 cm³/mol. The molecule has 8 bridgehead atoms. The lowest BCUT2D eigenvalue weighted by atomic mass is 9.99. The van der Waals surface area contributed by atoms with Crippen molar-refractivity contribution >= 4 is 62.3 Å². The number of hydrogen-bond acceptors (Lipinski definition) is 4. The number of anilines is 3. The van der Waals surface area contributed by atoms with Gasteiger partial charge in [-0.3, -0.25) is 0 Å². The standard InChI is InChI=1S/C52H41F12N7/c53-38-35(39(54)45(60)50(44(38)59)69-18-4-1-5-19-69)32-26-12-10-24(65-26)25-11-13-27(66-25)33(36-40(55)46(61)51(47(62)41(36)56)70-20-6-2-7-21-70)29-15-17-31(68-29)34(30-16-14-28(32)67-30)37-42(57)48(63)52(49(64)43(37)58)71-22-8-3-9-23-71/h10-17,65-67H,1-9,18-23H2. The highest BCUT2D eigenvalue weighted by Crippen LogP contribution is 2.46. The van der Waals surface area contributed by atoms with Gasteiger partial charge in [0.15, 0.2) is 69.8 Å². The minimum Gasteiger partial charge on any atom is -0.367 e. The van der Waals surface area contributed by atoms with Crippen molar-refractivity contribution in [2.24, 2.45) is 0 Å². The average Bonchev–Trinajstić information content (AvgIpc) is 4.24. The molecule has 0 aliphatic carbocycles. The molecule has 3 fully saturated rings. The van der Waals surface area contributed by atoms with Crippen molar-refractivity contribution in [1.82, 2.24) is 19.9 Å². The lowest BCUT2D eigenvalue weighted by Crippen LogP contribution is -2.31. The maximum atomic E-state index is 16.9. The van der Waals surface area contributed by atoms with E-state index >= 15 is 52.7 Å². The molecule has 4 aromatic heterocycles. The van der Waals surface area contributed by atoms with E-state index in [1.165, 1.54) is 39.0 Å². The maximum Gasteiger partial charge on any atom is 0.185 e. The van der Waals surface area contributed by atoms with Crippen LogP contribution in [0, 0.1) is 69.8 Å². The van der Waals surface area contributed by atoms with Crippen molar-refractivity contribution in [2.45, 2.75) is 57.8 Å². The highest BCUT2D eigenvalue weighted by molar-refractivity contribution is 6.00. The maximum absolute atomic E-state index is 16.9. The molecule has 8 heterocycles. The molecule has 71 heavy (non-hydrogen) atoms. The van der Waals surface area contributed by atoms with Gasteiger partial charge in [0.1, 0.15) is 17.1 Å². The van der Waals surface area contributed by atoms with Gasteiger partial charge in [0.05, 0.1) is 39.1 Å². The molecule has 7 nitrogen and oxygen atoms in total. The van der Waals surface area contributed by atoms with E-state index in [1.807, 2.05) is 0 Å². The number of nitrogens with one attached hydrogen (secondary N) is 3. The molecule has 3 saturated heterocycles. The Morgan fingerprint density at radius 3 is 0.817 bits per heavy atom. The SMILES string of the molecule is Fc1c(F)c(N2CCCCC2)c(F)c(F)c1-c1c2nc(c(-c3c(F)c(F)c(N4CCCCC4)c(F)c3F)c3ccc([nH]3)c3ccc([nH]3)c(-c3c(F)c(F)c(N4CCCCC4)c(F)c3F)c3ccc1[nH]3)C=C2. The second-order valence-corrected chi connectivity index (χ2v) is 18.3. The van der Waals surface area contributed by atoms with Gasteiger partial charge in [0.2, 0.25) is 0 Å². The fourth-order valence-corrected chi connectivity index (χ4v) is 10.6. The van der Waals surface area contributed by atoms with E-state index in [0.29, 0.717) is 44.9 Å². The molecular weight excluding hydrogens is 951 g/mol. The number of fused-ring (bicyclic) bond motifs is 9. The molecule has 0 amide bonds. The number of benzene rings is 3. The second-order valence-electron chi connectivity index (χ2n) is 18.3. The van der Waals surface area contributed by atoms with Crippen molar-refractivity contribution in [1.29, 1.82) is 0 Å². The lowest BCUT2D eigenvalue weighted by molar-refractivity contribution is 0.448. The molecular formula is C52H41F12N7. The summed E-state index contributed by atoms with van der Waals surface area (Å²) < 4.78 is 199. The molecule has 3 aromatic carbocycles. The van der Waals surface area contributed by atoms with E-state index in [0.717, 1.165) is 37.1 Å². The summed E-state index contributed by atoms with van der Waals surface area (Å²) in [6, 6.07) is 7.58. The highest BCUT2D eigenvalue weighted by Gasteiger charge is 2.36. The van der Waals surface area contributed by atoms with E-state index in [2.05, 4.69) is 19.9 Å². The molecule has 0 radical (unpaired) electrons. The van der Waals surface area contributed by atoms with Crippen LogP contribution in [0.2, 0.25) is 0 Å². The van der Waals surface area contributed by atoms with Gasteiger partial charge >= 0.3 is 0 Å². The van der Waals surface area contributed by atoms with Gasteiger partial charge in [0.25, 0.3) is 0 Å². The molecule has 3 N–H and O–H groups in total. The zero-order chi connectivity index (χ0) is 49.6. The van der Waals surface area contributed by atoms with Crippen LogP contribution in [0.4, 0.5) is 69.7 Å². The molecule has 4 aliphatic heterocycles. The Balaban J connectivity index is 1.26. The van der Waals surface area contributed by atoms with E-state index in [1.54, 1.807) is 0 Å². The van der Waals surface area contributed by atoms with Gasteiger partial charge in [0, 0.05) is 78.0 Å². The molecule has 11 rings (SSSR count). The summed E-state index contributed by atoms with van der Waals surface area (Å²) >= 11 is 0. The molecule has 0 saturated carbocycles. The Labute approximate surface area is 396 Å². The Bertz CT molecular complexity index is 3400. The van der Waals surface area contributed by atoms with Gasteiger partial charge in [-0.2, -0.15) is 0 Å². The van der Waals surface area contributed by atoms with Crippen LogP contribution in [0.3, 0.4) is 0 Å². The van der Waals surface area contributed by atoms with Gasteiger partial charge in [-0.15, -0.1) is 0 Å². The second kappa shape index (κ2) is 18.0. The Morgan fingerprint density at radius 2 is 0.521 bits per heavy atom. The van der Waals surface area contributed by atoms with Gasteiger partial charge in [-0.1, -0.05) is 0 Å². The van der Waals surface area contributed by atoms with Crippen LogP contribution in [0.5, 0.6) is 0 Å². The van der Waals surface area contributed by atoms with Gasteiger partial charge in [-0.05, 0) is 106 Å². The molecule has 7 aromatic rings. The summed E-state index contributed by atoms with van der Waals surface area (Å²) in [5.74, 6) is -21.3. The molecule has 368 valence electrons. The van der Waals surface area contributed by atoms with Crippen LogP contribution < -0.4 is 14.7 Å². The normalized spacial score (nSPS) is 16.0. The zero-order valence-corrected chi connectivity index (χ0v) is 37.5. The average molecular weight is 992 g/mol. The lowest BCUT2D eigenvalue weighted by Gasteiger charge is -2.30. The molecule has 0 atom stereocenters. The summed E-state index contributed by atoms with van der Waals surface area (Å²) in [6.07, 6.45) is 7.32. The molecule has 19 heteroatoms. The van der Waals surface area contributed by atoms with Crippen LogP contribution in [0.15, 0.2) is 36.4 Å². The van der Waals surface area contributed by atoms with Crippen molar-refractivity contribution < 1.29 is 52.7 Å². The summed E-state index contributed by atoms with van der Waals surface area (Å²) in [4.78, 5) is 16.7. The molecule has 0 spiro atoms. The molecule has 4 aliphatic rings. The largest absolute Gasteiger partial charge is 0.367 e. The Hall–Kier alpha value is -7.05. The third-order valence-corrected chi connectivity index (χ3v) is 14.1. The molecule has 0 unspecified atom stereocenters. The van der Waals surface area contributed by atoms with Gasteiger partial charge in [-0.25, -0.2) is 57.7 Å². The minimum absolute atomic E-state index is 0.0785. The van der Waals surface area contributed by atoms with Crippen LogP contribution in [0.1, 0.15) is 69.2 Å². The zero-order valence-electron chi connectivity index (χ0n) is 37.5. The van der Waals surface area contributed by atoms with Crippen LogP contribution >= 0.6 is 0 Å². The monoisotopic (exact) mass is 991 g/mol. The number of rotatable bonds is 6. The third-order valence-electron chi connectivity index (χ3n) is 14.1. The number of piperidine rings is 3. The number of halogens is 12. The van der Waals surface area contributed by atoms with Crippen molar-refractivity contribution in [3.63, 3.8) is 0 Å². The van der Waals surface area contributed by atoms with Crippen molar-refractivity contribution in [3.8, 4) is 33.4 Å². The number of aromatic amines is 3. The summed E-state index contributed by atoms with van der Waals surface area (Å²) in [5, 5.41) is 0. The first-order chi connectivity index (χ1) is 34.2. The quantitative estimate of drug-likeness (QED) is 0.115. The fraction of sp³-hybridized carbons (Fsp3) is 0.288. The van der Waals surface area contributed by atoms with Crippen LogP contribution in [-0.2, 0) is 0 Å². The van der Waals surface area contributed by atoms with E-state index in [4.69, 9.17) is 0 Å². The smallest absolute Gasteiger partial charge is 0.185 e. The van der Waals surface area contributed by atoms with E-state index < -0.39 is 137 Å². The van der Waals surface area contributed by atoms with E-state index in [9.17, 15) is 0 Å². The number of nitrogens with zero attached hydrogens (tertiary/aromatic N) is 4. The minimum atomic E-state index is -1.89. The first kappa shape index (κ1) is 46.3. The Morgan fingerprint density at radius 1 is 0.282 bits per heavy atom. The van der Waals surface area contributed by atoms with Crippen molar-refractivity contribution in [2.75, 3.05) is 54.0 Å². The van der Waals surface area contributed by atoms with Crippen molar-refractivity contribution in [3.05, 3.63) is 118 Å². The Kier molecular flexibility index (Phi) is 11.7. The summed E-state index contributed by atoms with van der Waals surface area (Å²) in [7, 11) is 0. The van der Waals surface area contributed by atoms with E-state index in [-0.39, 0.29) is 66.9 Å². The summed E-state index contributed by atoms with van der Waals surface area (Å²) in [5.41, 5.74) is -10.4. The first-order valence-corrected chi connectivity index (χ1v) is 23.4. The summed E-state index contributed by atoms with van der Waals surface area (Å²) in [6.45, 7) is 0.636. The van der Waals surface area contributed by atoms with Crippen LogP contribution in [-0.4, -0.2) is 59.2 Å². The first-order valence-electron chi connectivity index (χ1n) is 23.4. The highest BCUT2D eigenvalue weighted by atomic mass is 19.2.